The fourth-order valence-electron chi connectivity index (χ4n) is 3.66. The Morgan fingerprint density at radius 2 is 1.09 bits per heavy atom. The Labute approximate surface area is 129 Å². The Kier molecular flexibility index (Phi) is 5.24. The average molecular weight is 312 g/mol. The van der Waals surface area contributed by atoms with Gasteiger partial charge in [0.2, 0.25) is 0 Å². The van der Waals surface area contributed by atoms with Crippen LogP contribution in [-0.2, 0) is 9.47 Å². The van der Waals surface area contributed by atoms with Gasteiger partial charge in [-0.25, -0.2) is 0 Å². The van der Waals surface area contributed by atoms with Crippen molar-refractivity contribution in [3.05, 3.63) is 0 Å². The van der Waals surface area contributed by atoms with Crippen LogP contribution in [0.4, 0.5) is 0 Å². The van der Waals surface area contributed by atoms with Crippen LogP contribution in [0.1, 0.15) is 12.8 Å². The molecule has 2 heterocycles. The number of nitrogens with zero attached hydrogens (tertiary/aromatic N) is 4. The van der Waals surface area contributed by atoms with E-state index in [-0.39, 0.29) is 12.1 Å². The van der Waals surface area contributed by atoms with E-state index in [2.05, 4.69) is 20.1 Å². The smallest absolute Gasteiger partial charge is 0.123 e. The number of ether oxygens (including phenoxy) is 2. The third-order valence-corrected chi connectivity index (χ3v) is 4.80. The van der Waals surface area contributed by atoms with Crippen molar-refractivity contribution in [3.63, 3.8) is 0 Å². The molecular formula is C14H24N4O4. The predicted molar refractivity (Wildman–Crippen MR) is 80.0 cm³/mol. The highest BCUT2D eigenvalue weighted by atomic mass is 16.5. The second-order valence-electron chi connectivity index (χ2n) is 5.88. The van der Waals surface area contributed by atoms with Crippen LogP contribution in [0, 0.1) is 0 Å². The molecule has 0 aromatic heterocycles. The molecule has 124 valence electrons. The van der Waals surface area contributed by atoms with Gasteiger partial charge in [-0.2, -0.15) is 0 Å². The summed E-state index contributed by atoms with van der Waals surface area (Å²) < 4.78 is 10.8. The fourth-order valence-corrected chi connectivity index (χ4v) is 3.66. The lowest BCUT2D eigenvalue weighted by Crippen LogP contribution is -2.58. The normalized spacial score (nSPS) is 36.0. The van der Waals surface area contributed by atoms with Gasteiger partial charge in [0.15, 0.2) is 0 Å². The van der Waals surface area contributed by atoms with Crippen molar-refractivity contribution in [1.29, 1.82) is 0 Å². The SMILES string of the molecule is O/N=C1\C(=N/O)C(N2CCOCC2)CCC1N1CCOCC1. The average Bonchev–Trinajstić information content (AvgIpc) is 2.61. The summed E-state index contributed by atoms with van der Waals surface area (Å²) in [6, 6.07) is -0.00539. The standard InChI is InChI=1S/C14H24N4O4/c19-15-13-11(17-3-7-21-8-4-17)1-2-12(14(13)16-20)18-5-9-22-10-6-18/h11-12,19-20H,1-10H2/b15-13-,16-14-. The van der Waals surface area contributed by atoms with Crippen molar-refractivity contribution in [2.75, 3.05) is 52.6 Å². The molecule has 2 N–H and O–H groups in total. The summed E-state index contributed by atoms with van der Waals surface area (Å²) >= 11 is 0. The maximum absolute atomic E-state index is 9.50. The van der Waals surface area contributed by atoms with Gasteiger partial charge < -0.3 is 19.9 Å². The van der Waals surface area contributed by atoms with Gasteiger partial charge >= 0.3 is 0 Å². The van der Waals surface area contributed by atoms with Gasteiger partial charge in [0.1, 0.15) is 11.4 Å². The first-order valence-corrected chi connectivity index (χ1v) is 7.93. The lowest BCUT2D eigenvalue weighted by atomic mass is 9.85. The molecule has 2 unspecified atom stereocenters. The molecule has 3 aliphatic rings. The molecule has 0 amide bonds. The molecule has 3 fully saturated rings. The summed E-state index contributed by atoms with van der Waals surface area (Å²) in [6.07, 6.45) is 1.78. The second-order valence-corrected chi connectivity index (χ2v) is 5.88. The third kappa shape index (κ3) is 3.10. The van der Waals surface area contributed by atoms with E-state index in [1.54, 1.807) is 0 Å². The zero-order valence-electron chi connectivity index (χ0n) is 12.7. The van der Waals surface area contributed by atoms with Crippen LogP contribution < -0.4 is 0 Å². The largest absolute Gasteiger partial charge is 0.411 e. The Morgan fingerprint density at radius 1 is 0.727 bits per heavy atom. The summed E-state index contributed by atoms with van der Waals surface area (Å²) in [7, 11) is 0. The zero-order chi connectivity index (χ0) is 15.4. The fraction of sp³-hybridized carbons (Fsp3) is 0.857. The van der Waals surface area contributed by atoms with Crippen LogP contribution in [0.25, 0.3) is 0 Å². The minimum atomic E-state index is -0.00269. The monoisotopic (exact) mass is 312 g/mol. The van der Waals surface area contributed by atoms with E-state index >= 15 is 0 Å². The summed E-state index contributed by atoms with van der Waals surface area (Å²) in [6.45, 7) is 5.99. The molecule has 0 spiro atoms. The maximum Gasteiger partial charge on any atom is 0.123 e. The first kappa shape index (κ1) is 15.7. The summed E-state index contributed by atoms with van der Waals surface area (Å²) in [5.74, 6) is 0. The molecule has 0 aromatic carbocycles. The molecule has 8 heteroatoms. The molecule has 0 radical (unpaired) electrons. The Bertz CT molecular complexity index is 391. The minimum Gasteiger partial charge on any atom is -0.411 e. The number of oxime groups is 2. The molecule has 1 saturated carbocycles. The van der Waals surface area contributed by atoms with Crippen LogP contribution in [0.3, 0.4) is 0 Å². The molecule has 0 bridgehead atoms. The Balaban J connectivity index is 1.76. The minimum absolute atomic E-state index is 0.00269. The Hall–Kier alpha value is -1.22. The van der Waals surface area contributed by atoms with Gasteiger partial charge in [-0.05, 0) is 12.8 Å². The van der Waals surface area contributed by atoms with Crippen LogP contribution in [-0.4, -0.2) is 96.3 Å². The van der Waals surface area contributed by atoms with E-state index in [1.165, 1.54) is 0 Å². The van der Waals surface area contributed by atoms with Crippen molar-refractivity contribution < 1.29 is 19.9 Å². The molecule has 0 aromatic rings. The lowest BCUT2D eigenvalue weighted by molar-refractivity contribution is 0.0154. The lowest BCUT2D eigenvalue weighted by Gasteiger charge is -2.42. The zero-order valence-corrected chi connectivity index (χ0v) is 12.7. The van der Waals surface area contributed by atoms with E-state index in [4.69, 9.17) is 9.47 Å². The quantitative estimate of drug-likeness (QED) is 0.544. The molecule has 2 saturated heterocycles. The molecule has 1 aliphatic carbocycles. The van der Waals surface area contributed by atoms with Crippen molar-refractivity contribution >= 4 is 11.4 Å². The van der Waals surface area contributed by atoms with Crippen molar-refractivity contribution in [2.24, 2.45) is 10.3 Å². The highest BCUT2D eigenvalue weighted by Gasteiger charge is 2.40. The van der Waals surface area contributed by atoms with E-state index < -0.39 is 0 Å². The van der Waals surface area contributed by atoms with Gasteiger partial charge in [0, 0.05) is 26.2 Å². The van der Waals surface area contributed by atoms with Gasteiger partial charge in [-0.15, -0.1) is 0 Å². The maximum atomic E-state index is 9.50. The van der Waals surface area contributed by atoms with Crippen LogP contribution in [0.15, 0.2) is 10.3 Å². The van der Waals surface area contributed by atoms with Gasteiger partial charge in [0.05, 0.1) is 38.5 Å². The number of hydrogen-bond donors (Lipinski definition) is 2. The molecule has 3 rings (SSSR count). The molecule has 2 atom stereocenters. The molecular weight excluding hydrogens is 288 g/mol. The highest BCUT2D eigenvalue weighted by Crippen LogP contribution is 2.25. The Morgan fingerprint density at radius 3 is 1.41 bits per heavy atom. The van der Waals surface area contributed by atoms with Crippen LogP contribution >= 0.6 is 0 Å². The van der Waals surface area contributed by atoms with Crippen molar-refractivity contribution in [3.8, 4) is 0 Å². The van der Waals surface area contributed by atoms with Crippen molar-refractivity contribution in [1.82, 2.24) is 9.80 Å². The predicted octanol–water partition coefficient (Wildman–Crippen LogP) is -0.158. The second kappa shape index (κ2) is 7.36. The van der Waals surface area contributed by atoms with Gasteiger partial charge in [0.25, 0.3) is 0 Å². The first-order valence-electron chi connectivity index (χ1n) is 7.93. The third-order valence-electron chi connectivity index (χ3n) is 4.80. The topological polar surface area (TPSA) is 90.1 Å². The number of hydrogen-bond acceptors (Lipinski definition) is 8. The van der Waals surface area contributed by atoms with Crippen LogP contribution in [0.5, 0.6) is 0 Å². The van der Waals surface area contributed by atoms with E-state index in [0.717, 1.165) is 39.0 Å². The van der Waals surface area contributed by atoms with E-state index in [0.29, 0.717) is 37.9 Å². The summed E-state index contributed by atoms with van der Waals surface area (Å²) in [5, 5.41) is 26.0. The molecule has 8 nitrogen and oxygen atoms in total. The molecule has 2 aliphatic heterocycles. The highest BCUT2D eigenvalue weighted by molar-refractivity contribution is 6.46. The van der Waals surface area contributed by atoms with Crippen molar-refractivity contribution in [2.45, 2.75) is 24.9 Å². The van der Waals surface area contributed by atoms with Crippen LogP contribution in [0.2, 0.25) is 0 Å². The van der Waals surface area contributed by atoms with Gasteiger partial charge in [-0.1, -0.05) is 10.3 Å². The first-order chi connectivity index (χ1) is 10.8. The van der Waals surface area contributed by atoms with E-state index in [1.807, 2.05) is 0 Å². The number of morpholine rings is 2. The van der Waals surface area contributed by atoms with E-state index in [9.17, 15) is 10.4 Å². The molecule has 22 heavy (non-hydrogen) atoms. The summed E-state index contributed by atoms with van der Waals surface area (Å²) in [5.41, 5.74) is 0.985. The number of rotatable bonds is 2. The summed E-state index contributed by atoms with van der Waals surface area (Å²) in [4.78, 5) is 4.50. The van der Waals surface area contributed by atoms with Gasteiger partial charge in [-0.3, -0.25) is 9.80 Å².